The van der Waals surface area contributed by atoms with Gasteiger partial charge >= 0.3 is 6.18 Å². The number of carboxylic acid groups (broad SMARTS) is 1. The number of nitrogens with zero attached hydrogens (tertiary/aromatic N) is 1. The lowest BCUT2D eigenvalue weighted by Crippen LogP contribution is -3.03. The van der Waals surface area contributed by atoms with Gasteiger partial charge in [0.1, 0.15) is 12.2 Å². The second-order valence-corrected chi connectivity index (χ2v) is 3.77. The van der Waals surface area contributed by atoms with Gasteiger partial charge in [0.2, 0.25) is 0 Å². The highest BCUT2D eigenvalue weighted by molar-refractivity contribution is 5.70. The molecule has 7 heteroatoms. The fraction of sp³-hybridized carbons (Fsp3) is 0.700. The number of carbonyl (C=O) groups is 1. The summed E-state index contributed by atoms with van der Waals surface area (Å²) in [4.78, 5) is 12.6. The zero-order valence-electron chi connectivity index (χ0n) is 9.88. The molecule has 1 aliphatic rings. The van der Waals surface area contributed by atoms with Gasteiger partial charge in [0.05, 0.1) is 13.2 Å². The molecule has 100 valence electrons. The van der Waals surface area contributed by atoms with Crippen LogP contribution in [0.4, 0.5) is 13.2 Å². The SMILES string of the molecule is CCCCN1C=C[NH+](C)C1.O=C([O-])C(F)(F)F. The highest BCUT2D eigenvalue weighted by Gasteiger charge is 2.28. The molecule has 0 bridgehead atoms. The van der Waals surface area contributed by atoms with Crippen LogP contribution in [0.1, 0.15) is 19.8 Å². The monoisotopic (exact) mass is 254 g/mol. The Morgan fingerprint density at radius 3 is 2.35 bits per heavy atom. The van der Waals surface area contributed by atoms with Crippen LogP contribution in [0.2, 0.25) is 0 Å². The number of carbonyl (C=O) groups excluding carboxylic acids is 1. The summed E-state index contributed by atoms with van der Waals surface area (Å²) in [5.74, 6) is -3.01. The van der Waals surface area contributed by atoms with E-state index in [1.165, 1.54) is 24.3 Å². The number of hydrogen-bond donors (Lipinski definition) is 1. The first-order valence-electron chi connectivity index (χ1n) is 5.30. The van der Waals surface area contributed by atoms with E-state index < -0.39 is 12.1 Å². The number of carboxylic acids is 1. The normalized spacial score (nSPS) is 18.9. The van der Waals surface area contributed by atoms with Crippen LogP contribution >= 0.6 is 0 Å². The molecule has 1 heterocycles. The molecule has 17 heavy (non-hydrogen) atoms. The van der Waals surface area contributed by atoms with Crippen LogP contribution in [0.25, 0.3) is 0 Å². The second kappa shape index (κ2) is 7.16. The molecule has 0 amide bonds. The van der Waals surface area contributed by atoms with E-state index in [1.807, 2.05) is 0 Å². The highest BCUT2D eigenvalue weighted by atomic mass is 19.4. The van der Waals surface area contributed by atoms with Gasteiger partial charge in [-0.25, -0.2) is 0 Å². The molecule has 0 aliphatic carbocycles. The van der Waals surface area contributed by atoms with Crippen LogP contribution in [0.3, 0.4) is 0 Å². The lowest BCUT2D eigenvalue weighted by Gasteiger charge is -2.13. The summed E-state index contributed by atoms with van der Waals surface area (Å²) in [7, 11) is 2.18. The summed E-state index contributed by atoms with van der Waals surface area (Å²) in [5, 5.41) is 8.78. The number of alkyl halides is 3. The molecule has 1 aliphatic heterocycles. The molecule has 1 rings (SSSR count). The van der Waals surface area contributed by atoms with E-state index in [-0.39, 0.29) is 0 Å². The highest BCUT2D eigenvalue weighted by Crippen LogP contribution is 2.11. The van der Waals surface area contributed by atoms with Crippen LogP contribution in [0.15, 0.2) is 12.4 Å². The Morgan fingerprint density at radius 1 is 1.53 bits per heavy atom. The summed E-state index contributed by atoms with van der Waals surface area (Å²) in [6, 6.07) is 0. The molecular formula is C10H17F3N2O2. The second-order valence-electron chi connectivity index (χ2n) is 3.77. The Balaban J connectivity index is 0.000000325. The quantitative estimate of drug-likeness (QED) is 0.727. The molecule has 0 spiro atoms. The molecule has 4 nitrogen and oxygen atoms in total. The zero-order chi connectivity index (χ0) is 13.5. The van der Waals surface area contributed by atoms with Gasteiger partial charge in [-0.05, 0) is 6.42 Å². The van der Waals surface area contributed by atoms with Crippen LogP contribution in [-0.2, 0) is 4.79 Å². The van der Waals surface area contributed by atoms with E-state index in [9.17, 15) is 13.2 Å². The fourth-order valence-electron chi connectivity index (χ4n) is 1.17. The average molecular weight is 254 g/mol. The minimum absolute atomic E-state index is 1.15. The fourth-order valence-corrected chi connectivity index (χ4v) is 1.17. The van der Waals surface area contributed by atoms with E-state index in [4.69, 9.17) is 9.90 Å². The van der Waals surface area contributed by atoms with Crippen LogP contribution in [0, 0.1) is 0 Å². The van der Waals surface area contributed by atoms with Crippen molar-refractivity contribution < 1.29 is 28.0 Å². The number of nitrogens with one attached hydrogen (secondary N) is 1. The maximum absolute atomic E-state index is 10.5. The number of halogens is 3. The van der Waals surface area contributed by atoms with Gasteiger partial charge in [0, 0.05) is 6.54 Å². The standard InChI is InChI=1S/C8H16N2.C2HF3O2/c1-3-4-5-10-7-6-9(2)8-10;3-2(4,5)1(6)7/h6-7H,3-5,8H2,1-2H3;(H,6,7). The van der Waals surface area contributed by atoms with E-state index in [1.54, 1.807) is 0 Å². The third kappa shape index (κ3) is 7.62. The van der Waals surface area contributed by atoms with Gasteiger partial charge in [-0.15, -0.1) is 0 Å². The summed E-state index contributed by atoms with van der Waals surface area (Å²) in [6.07, 6.45) is 1.82. The molecule has 0 aromatic carbocycles. The van der Waals surface area contributed by atoms with Crippen molar-refractivity contribution in [3.05, 3.63) is 12.4 Å². The molecule has 0 aromatic heterocycles. The van der Waals surface area contributed by atoms with Crippen molar-refractivity contribution >= 4 is 5.97 Å². The van der Waals surface area contributed by atoms with Crippen LogP contribution < -0.4 is 10.0 Å². The minimum Gasteiger partial charge on any atom is -0.542 e. The predicted octanol–water partition coefficient (Wildman–Crippen LogP) is -0.656. The van der Waals surface area contributed by atoms with Crippen molar-refractivity contribution in [2.75, 3.05) is 20.3 Å². The number of rotatable bonds is 3. The third-order valence-electron chi connectivity index (χ3n) is 2.05. The largest absolute Gasteiger partial charge is 0.542 e. The Hall–Kier alpha value is -1.24. The number of aliphatic carboxylic acids is 1. The van der Waals surface area contributed by atoms with E-state index in [2.05, 4.69) is 31.3 Å². The molecule has 0 aromatic rings. The first-order valence-corrected chi connectivity index (χ1v) is 5.30. The van der Waals surface area contributed by atoms with Crippen LogP contribution in [0.5, 0.6) is 0 Å². The van der Waals surface area contributed by atoms with Crippen molar-refractivity contribution in [2.24, 2.45) is 0 Å². The lowest BCUT2D eigenvalue weighted by atomic mass is 10.3. The molecule has 1 atom stereocenters. The van der Waals surface area contributed by atoms with Crippen LogP contribution in [-0.4, -0.2) is 37.3 Å². The van der Waals surface area contributed by atoms with Gasteiger partial charge in [-0.1, -0.05) is 13.3 Å². The first-order chi connectivity index (χ1) is 7.77. The number of unbranched alkanes of at least 4 members (excludes halogenated alkanes) is 1. The Kier molecular flexibility index (Phi) is 6.64. The molecule has 1 unspecified atom stereocenters. The molecular weight excluding hydrogens is 237 g/mol. The van der Waals surface area contributed by atoms with Gasteiger partial charge in [-0.2, -0.15) is 13.2 Å². The Labute approximate surface area is 98.3 Å². The Bertz CT molecular complexity index is 267. The molecule has 1 N–H and O–H groups in total. The third-order valence-corrected chi connectivity index (χ3v) is 2.05. The molecule has 0 radical (unpaired) electrons. The molecule has 0 fully saturated rings. The summed E-state index contributed by atoms with van der Waals surface area (Å²) in [5.41, 5.74) is 0. The maximum atomic E-state index is 10.5. The van der Waals surface area contributed by atoms with Gasteiger partial charge in [0.25, 0.3) is 0 Å². The topological polar surface area (TPSA) is 47.8 Å². The molecule has 0 saturated heterocycles. The van der Waals surface area contributed by atoms with Crippen molar-refractivity contribution in [1.82, 2.24) is 4.90 Å². The van der Waals surface area contributed by atoms with Crippen molar-refractivity contribution in [3.8, 4) is 0 Å². The summed E-state index contributed by atoms with van der Waals surface area (Å²) < 4.78 is 31.5. The Morgan fingerprint density at radius 2 is 2.06 bits per heavy atom. The number of hydrogen-bond acceptors (Lipinski definition) is 3. The van der Waals surface area contributed by atoms with Gasteiger partial charge < -0.3 is 14.8 Å². The van der Waals surface area contributed by atoms with Gasteiger partial charge in [0.15, 0.2) is 6.67 Å². The van der Waals surface area contributed by atoms with E-state index >= 15 is 0 Å². The van der Waals surface area contributed by atoms with E-state index in [0.29, 0.717) is 0 Å². The van der Waals surface area contributed by atoms with Crippen molar-refractivity contribution in [3.63, 3.8) is 0 Å². The number of quaternary nitrogens is 1. The summed E-state index contributed by atoms with van der Waals surface area (Å²) in [6.45, 7) is 4.61. The summed E-state index contributed by atoms with van der Waals surface area (Å²) >= 11 is 0. The predicted molar refractivity (Wildman–Crippen MR) is 53.6 cm³/mol. The lowest BCUT2D eigenvalue weighted by molar-refractivity contribution is -0.826. The van der Waals surface area contributed by atoms with Gasteiger partial charge in [-0.3, -0.25) is 4.90 Å². The first kappa shape index (κ1) is 15.8. The maximum Gasteiger partial charge on any atom is 0.430 e. The minimum atomic E-state index is -5.19. The molecule has 0 saturated carbocycles. The smallest absolute Gasteiger partial charge is 0.430 e. The zero-order valence-corrected chi connectivity index (χ0v) is 9.88. The van der Waals surface area contributed by atoms with Crippen molar-refractivity contribution in [2.45, 2.75) is 25.9 Å². The van der Waals surface area contributed by atoms with E-state index in [0.717, 1.165) is 6.67 Å². The average Bonchev–Trinajstić information content (AvgIpc) is 2.60. The van der Waals surface area contributed by atoms with Crippen molar-refractivity contribution in [1.29, 1.82) is 0 Å².